The van der Waals surface area contributed by atoms with Gasteiger partial charge in [-0.25, -0.2) is 4.98 Å². The maximum Gasteiger partial charge on any atom is 0.225 e. The van der Waals surface area contributed by atoms with Crippen LogP contribution in [0.4, 0.5) is 0 Å². The van der Waals surface area contributed by atoms with Gasteiger partial charge < -0.3 is 4.74 Å². The number of hydrogen-bond acceptors (Lipinski definition) is 3. The predicted molar refractivity (Wildman–Crippen MR) is 68.0 cm³/mol. The first-order chi connectivity index (χ1) is 8.04. The lowest BCUT2D eigenvalue weighted by Gasteiger charge is -2.07. The van der Waals surface area contributed by atoms with Gasteiger partial charge in [-0.3, -0.25) is 0 Å². The maximum absolute atomic E-state index is 6.06. The van der Waals surface area contributed by atoms with Crippen molar-refractivity contribution in [1.82, 2.24) is 9.97 Å². The molecule has 0 aliphatic rings. The van der Waals surface area contributed by atoms with E-state index in [0.29, 0.717) is 16.7 Å². The highest BCUT2D eigenvalue weighted by Crippen LogP contribution is 2.29. The number of aryl methyl sites for hydroxylation is 2. The van der Waals surface area contributed by atoms with Crippen LogP contribution < -0.4 is 4.74 Å². The molecule has 0 saturated carbocycles. The zero-order valence-corrected chi connectivity index (χ0v) is 10.9. The first-order valence-electron chi connectivity index (χ1n) is 5.00. The summed E-state index contributed by atoms with van der Waals surface area (Å²) in [6.45, 7) is 3.78. The van der Waals surface area contributed by atoms with Crippen LogP contribution in [0.15, 0.2) is 24.3 Å². The predicted octanol–water partition coefficient (Wildman–Crippen LogP) is 4.19. The molecule has 5 heteroatoms. The van der Waals surface area contributed by atoms with Gasteiger partial charge in [0, 0.05) is 11.8 Å². The molecule has 3 nitrogen and oxygen atoms in total. The number of rotatable bonds is 2. The van der Waals surface area contributed by atoms with E-state index in [0.717, 1.165) is 11.3 Å². The van der Waals surface area contributed by atoms with E-state index in [1.807, 2.05) is 26.0 Å². The molecular weight excluding hydrogens is 259 g/mol. The summed E-state index contributed by atoms with van der Waals surface area (Å²) < 4.78 is 5.56. The van der Waals surface area contributed by atoms with E-state index in [4.69, 9.17) is 27.9 Å². The lowest BCUT2D eigenvalue weighted by atomic mass is 10.2. The highest BCUT2D eigenvalue weighted by Gasteiger charge is 2.06. The van der Waals surface area contributed by atoms with Crippen molar-refractivity contribution < 1.29 is 4.74 Å². The van der Waals surface area contributed by atoms with Crippen LogP contribution in [-0.2, 0) is 0 Å². The third kappa shape index (κ3) is 3.08. The summed E-state index contributed by atoms with van der Waals surface area (Å²) in [7, 11) is 0. The molecule has 0 atom stereocenters. The van der Waals surface area contributed by atoms with Crippen molar-refractivity contribution in [3.05, 3.63) is 45.8 Å². The number of nitrogens with zero attached hydrogens (tertiary/aromatic N) is 2. The molecule has 0 N–H and O–H groups in total. The first kappa shape index (κ1) is 12.1. The topological polar surface area (TPSA) is 35.0 Å². The zero-order valence-electron chi connectivity index (χ0n) is 9.37. The van der Waals surface area contributed by atoms with Gasteiger partial charge in [-0.15, -0.1) is 0 Å². The van der Waals surface area contributed by atoms with Gasteiger partial charge in [0.1, 0.15) is 5.75 Å². The molecule has 0 spiro atoms. The summed E-state index contributed by atoms with van der Waals surface area (Å²) in [5.74, 6) is 0.930. The van der Waals surface area contributed by atoms with Crippen LogP contribution >= 0.6 is 23.2 Å². The van der Waals surface area contributed by atoms with Crippen molar-refractivity contribution >= 4 is 23.2 Å². The molecule has 0 unspecified atom stereocenters. The Bertz CT molecular complexity index is 538. The van der Waals surface area contributed by atoms with Crippen LogP contribution in [0, 0.1) is 13.8 Å². The second-order valence-corrected chi connectivity index (χ2v) is 4.40. The minimum absolute atomic E-state index is 0.156. The van der Waals surface area contributed by atoms with Crippen LogP contribution in [0.5, 0.6) is 11.6 Å². The quantitative estimate of drug-likeness (QED) is 0.766. The lowest BCUT2D eigenvalue weighted by molar-refractivity contribution is 0.461. The van der Waals surface area contributed by atoms with Gasteiger partial charge in [0.15, 0.2) is 0 Å². The first-order valence-corrected chi connectivity index (χ1v) is 5.75. The summed E-state index contributed by atoms with van der Waals surface area (Å²) in [6, 6.07) is 7.23. The molecule has 0 fully saturated rings. The average molecular weight is 269 g/mol. The minimum atomic E-state index is 0.156. The van der Waals surface area contributed by atoms with Crippen molar-refractivity contribution in [2.24, 2.45) is 0 Å². The highest BCUT2D eigenvalue weighted by atomic mass is 35.5. The van der Waals surface area contributed by atoms with Crippen molar-refractivity contribution in [1.29, 1.82) is 0 Å². The molecule has 0 bridgehead atoms. The van der Waals surface area contributed by atoms with E-state index in [2.05, 4.69) is 9.97 Å². The molecule has 1 aromatic heterocycles. The summed E-state index contributed by atoms with van der Waals surface area (Å²) in [5.41, 5.74) is 1.81. The SMILES string of the molecule is Cc1ccc(Oc2cc(C)nc(Cl)n2)c(Cl)c1. The number of ether oxygens (including phenoxy) is 1. The smallest absolute Gasteiger partial charge is 0.225 e. The summed E-state index contributed by atoms with van der Waals surface area (Å²) in [5, 5.41) is 0.695. The number of hydrogen-bond donors (Lipinski definition) is 0. The van der Waals surface area contributed by atoms with E-state index >= 15 is 0 Å². The molecule has 0 saturated heterocycles. The summed E-state index contributed by atoms with van der Waals surface area (Å²) in [4.78, 5) is 7.92. The second kappa shape index (κ2) is 4.90. The molecule has 1 aromatic carbocycles. The van der Waals surface area contributed by atoms with E-state index in [-0.39, 0.29) is 5.28 Å². The zero-order chi connectivity index (χ0) is 12.4. The molecule has 0 amide bonds. The van der Waals surface area contributed by atoms with E-state index in [1.165, 1.54) is 0 Å². The second-order valence-electron chi connectivity index (χ2n) is 3.65. The van der Waals surface area contributed by atoms with Crippen molar-refractivity contribution in [3.8, 4) is 11.6 Å². The van der Waals surface area contributed by atoms with Crippen LogP contribution in [0.3, 0.4) is 0 Å². The van der Waals surface area contributed by atoms with Gasteiger partial charge in [-0.2, -0.15) is 4.98 Å². The molecular formula is C12H10Cl2N2O. The van der Waals surface area contributed by atoms with Crippen molar-refractivity contribution in [2.45, 2.75) is 13.8 Å². The fourth-order valence-electron chi connectivity index (χ4n) is 1.36. The van der Waals surface area contributed by atoms with E-state index in [1.54, 1.807) is 12.1 Å². The molecule has 0 aliphatic carbocycles. The summed E-state index contributed by atoms with van der Waals surface area (Å²) >= 11 is 11.8. The Labute approximate surface area is 109 Å². The lowest BCUT2D eigenvalue weighted by Crippen LogP contribution is -1.93. The molecule has 88 valence electrons. The van der Waals surface area contributed by atoms with E-state index < -0.39 is 0 Å². The van der Waals surface area contributed by atoms with Gasteiger partial charge in [0.05, 0.1) is 5.02 Å². The van der Waals surface area contributed by atoms with E-state index in [9.17, 15) is 0 Å². The molecule has 1 heterocycles. The largest absolute Gasteiger partial charge is 0.437 e. The molecule has 2 rings (SSSR count). The molecule has 0 aliphatic heterocycles. The minimum Gasteiger partial charge on any atom is -0.437 e. The van der Waals surface area contributed by atoms with Gasteiger partial charge in [0.25, 0.3) is 0 Å². The molecule has 2 aromatic rings. The maximum atomic E-state index is 6.06. The van der Waals surface area contributed by atoms with Crippen LogP contribution in [0.2, 0.25) is 10.3 Å². The highest BCUT2D eigenvalue weighted by molar-refractivity contribution is 6.32. The average Bonchev–Trinajstić information content (AvgIpc) is 2.21. The number of halogens is 2. The van der Waals surface area contributed by atoms with Crippen LogP contribution in [0.1, 0.15) is 11.3 Å². The van der Waals surface area contributed by atoms with Crippen LogP contribution in [-0.4, -0.2) is 9.97 Å². The third-order valence-corrected chi connectivity index (χ3v) is 2.57. The third-order valence-electron chi connectivity index (χ3n) is 2.11. The Morgan fingerprint density at radius 3 is 2.47 bits per heavy atom. The van der Waals surface area contributed by atoms with Gasteiger partial charge in [0.2, 0.25) is 11.2 Å². The van der Waals surface area contributed by atoms with Crippen molar-refractivity contribution in [3.63, 3.8) is 0 Å². The Kier molecular flexibility index (Phi) is 3.50. The fraction of sp³-hybridized carbons (Fsp3) is 0.167. The summed E-state index contributed by atoms with van der Waals surface area (Å²) in [6.07, 6.45) is 0. The Hall–Kier alpha value is -1.32. The van der Waals surface area contributed by atoms with Gasteiger partial charge in [-0.1, -0.05) is 17.7 Å². The van der Waals surface area contributed by atoms with Crippen molar-refractivity contribution in [2.75, 3.05) is 0 Å². The molecule has 0 radical (unpaired) electrons. The monoisotopic (exact) mass is 268 g/mol. The van der Waals surface area contributed by atoms with Crippen LogP contribution in [0.25, 0.3) is 0 Å². The van der Waals surface area contributed by atoms with Gasteiger partial charge >= 0.3 is 0 Å². The Morgan fingerprint density at radius 1 is 1.06 bits per heavy atom. The fourth-order valence-corrected chi connectivity index (χ4v) is 1.85. The number of benzene rings is 1. The normalized spacial score (nSPS) is 10.4. The van der Waals surface area contributed by atoms with Gasteiger partial charge in [-0.05, 0) is 43.1 Å². The molecule has 17 heavy (non-hydrogen) atoms. The Morgan fingerprint density at radius 2 is 1.82 bits per heavy atom. The Balaban J connectivity index is 2.31. The number of aromatic nitrogens is 2. The standard InChI is InChI=1S/C12H10Cl2N2O/c1-7-3-4-10(9(13)5-7)17-11-6-8(2)15-12(14)16-11/h3-6H,1-2H3.